The Morgan fingerprint density at radius 1 is 1.32 bits per heavy atom. The van der Waals surface area contributed by atoms with Crippen molar-refractivity contribution in [2.45, 2.75) is 25.8 Å². The molecule has 1 aromatic carbocycles. The summed E-state index contributed by atoms with van der Waals surface area (Å²) in [5, 5.41) is 4.47. The Labute approximate surface area is 136 Å². The topological polar surface area (TPSA) is 41.0 Å². The molecule has 0 aliphatic carbocycles. The highest BCUT2D eigenvalue weighted by molar-refractivity contribution is 7.09. The summed E-state index contributed by atoms with van der Waals surface area (Å²) in [5.41, 5.74) is 2.31. The first-order valence-corrected chi connectivity index (χ1v) is 8.50. The van der Waals surface area contributed by atoms with E-state index in [1.807, 2.05) is 30.3 Å². The van der Waals surface area contributed by atoms with Crippen molar-refractivity contribution in [2.75, 3.05) is 25.0 Å². The first-order chi connectivity index (χ1) is 10.7. The summed E-state index contributed by atoms with van der Waals surface area (Å²) >= 11 is 1.45. The van der Waals surface area contributed by atoms with Gasteiger partial charge in [-0.25, -0.2) is 0 Å². The second kappa shape index (κ2) is 7.03. The molecule has 4 nitrogen and oxygen atoms in total. The van der Waals surface area contributed by atoms with Crippen molar-refractivity contribution in [3.63, 3.8) is 0 Å². The van der Waals surface area contributed by atoms with Crippen LogP contribution in [0.4, 0.5) is 5.13 Å². The third-order valence-electron chi connectivity index (χ3n) is 3.87. The number of nitrogens with zero attached hydrogens (tertiary/aromatic N) is 3. The van der Waals surface area contributed by atoms with Crippen LogP contribution in [0.15, 0.2) is 42.5 Å². The van der Waals surface area contributed by atoms with Gasteiger partial charge in [0.15, 0.2) is 5.82 Å². The van der Waals surface area contributed by atoms with Crippen molar-refractivity contribution in [2.24, 2.45) is 0 Å². The number of benzene rings is 1. The molecule has 1 N–H and O–H groups in total. The summed E-state index contributed by atoms with van der Waals surface area (Å²) in [6, 6.07) is 10.6. The van der Waals surface area contributed by atoms with Gasteiger partial charge in [-0.05, 0) is 19.8 Å². The number of likely N-dealkylation sites (tertiary alicyclic amines) is 1. The fourth-order valence-corrected chi connectivity index (χ4v) is 3.44. The minimum Gasteiger partial charge on any atom is -0.357 e. The van der Waals surface area contributed by atoms with E-state index in [1.54, 1.807) is 0 Å². The minimum atomic E-state index is 0.498. The maximum atomic E-state index is 4.61. The molecule has 2 heterocycles. The SMILES string of the molecule is C=C(C)CN1CCC(Nc2nc(-c3ccccc3)ns2)CC1. The molecule has 116 valence electrons. The zero-order valence-electron chi connectivity index (χ0n) is 13.0. The van der Waals surface area contributed by atoms with Gasteiger partial charge in [0.2, 0.25) is 5.13 Å². The molecule has 0 bridgehead atoms. The Morgan fingerprint density at radius 3 is 2.73 bits per heavy atom. The molecule has 0 unspecified atom stereocenters. The van der Waals surface area contributed by atoms with Crippen LogP contribution in [0.5, 0.6) is 0 Å². The second-order valence-electron chi connectivity index (χ2n) is 5.94. The highest BCUT2D eigenvalue weighted by Gasteiger charge is 2.20. The summed E-state index contributed by atoms with van der Waals surface area (Å²) < 4.78 is 4.45. The molecule has 2 aromatic rings. The quantitative estimate of drug-likeness (QED) is 0.855. The van der Waals surface area contributed by atoms with E-state index in [0.717, 1.165) is 49.0 Å². The molecule has 22 heavy (non-hydrogen) atoms. The van der Waals surface area contributed by atoms with Crippen LogP contribution in [-0.4, -0.2) is 39.9 Å². The molecule has 1 aliphatic rings. The maximum Gasteiger partial charge on any atom is 0.203 e. The van der Waals surface area contributed by atoms with E-state index in [1.165, 1.54) is 17.1 Å². The molecule has 0 radical (unpaired) electrons. The van der Waals surface area contributed by atoms with E-state index in [4.69, 9.17) is 0 Å². The second-order valence-corrected chi connectivity index (χ2v) is 6.69. The molecule has 1 aromatic heterocycles. The van der Waals surface area contributed by atoms with Crippen LogP contribution in [0.25, 0.3) is 11.4 Å². The van der Waals surface area contributed by atoms with Crippen molar-refractivity contribution in [1.82, 2.24) is 14.3 Å². The van der Waals surface area contributed by atoms with Crippen molar-refractivity contribution in [1.29, 1.82) is 0 Å². The van der Waals surface area contributed by atoms with Crippen LogP contribution in [-0.2, 0) is 0 Å². The summed E-state index contributed by atoms with van der Waals surface area (Å²) in [5.74, 6) is 0.813. The summed E-state index contributed by atoms with van der Waals surface area (Å²) in [7, 11) is 0. The lowest BCUT2D eigenvalue weighted by Crippen LogP contribution is -2.39. The lowest BCUT2D eigenvalue weighted by Gasteiger charge is -2.32. The average molecular weight is 314 g/mol. The molecule has 5 heteroatoms. The summed E-state index contributed by atoms with van der Waals surface area (Å²) in [4.78, 5) is 7.08. The largest absolute Gasteiger partial charge is 0.357 e. The first-order valence-electron chi connectivity index (χ1n) is 7.73. The zero-order chi connectivity index (χ0) is 15.4. The van der Waals surface area contributed by atoms with E-state index in [9.17, 15) is 0 Å². The van der Waals surface area contributed by atoms with Gasteiger partial charge in [-0.2, -0.15) is 9.36 Å². The highest BCUT2D eigenvalue weighted by atomic mass is 32.1. The Bertz CT molecular complexity index is 615. The molecule has 1 saturated heterocycles. The lowest BCUT2D eigenvalue weighted by molar-refractivity contribution is 0.236. The smallest absolute Gasteiger partial charge is 0.203 e. The molecule has 1 fully saturated rings. The third kappa shape index (κ3) is 3.93. The third-order valence-corrected chi connectivity index (χ3v) is 4.51. The molecule has 0 atom stereocenters. The predicted molar refractivity (Wildman–Crippen MR) is 93.2 cm³/mol. The van der Waals surface area contributed by atoms with E-state index >= 15 is 0 Å². The monoisotopic (exact) mass is 314 g/mol. The van der Waals surface area contributed by atoms with Crippen LogP contribution in [0.3, 0.4) is 0 Å². The van der Waals surface area contributed by atoms with Crippen molar-refractivity contribution < 1.29 is 0 Å². The molecule has 0 saturated carbocycles. The van der Waals surface area contributed by atoms with Gasteiger partial charge in [0, 0.05) is 42.8 Å². The first kappa shape index (κ1) is 15.2. The number of hydrogen-bond donors (Lipinski definition) is 1. The standard InChI is InChI=1S/C17H22N4S/c1-13(2)12-21-10-8-15(9-11-21)18-17-19-16(20-22-17)14-6-4-3-5-7-14/h3-7,15H,1,8-12H2,2H3,(H,18,19,20). The van der Waals surface area contributed by atoms with Crippen LogP contribution in [0.2, 0.25) is 0 Å². The van der Waals surface area contributed by atoms with E-state index in [-0.39, 0.29) is 0 Å². The normalized spacial score (nSPS) is 16.6. The van der Waals surface area contributed by atoms with Gasteiger partial charge >= 0.3 is 0 Å². The fourth-order valence-electron chi connectivity index (χ4n) is 2.78. The minimum absolute atomic E-state index is 0.498. The van der Waals surface area contributed by atoms with Crippen LogP contribution in [0, 0.1) is 0 Å². The van der Waals surface area contributed by atoms with E-state index in [0.29, 0.717) is 6.04 Å². The maximum absolute atomic E-state index is 4.61. The molecule has 1 aliphatic heterocycles. The van der Waals surface area contributed by atoms with E-state index < -0.39 is 0 Å². The van der Waals surface area contributed by atoms with Gasteiger partial charge in [-0.1, -0.05) is 42.5 Å². The number of hydrogen-bond acceptors (Lipinski definition) is 5. The Balaban J connectivity index is 1.55. The van der Waals surface area contributed by atoms with Crippen LogP contribution >= 0.6 is 11.5 Å². The average Bonchev–Trinajstić information content (AvgIpc) is 2.98. The molecule has 0 spiro atoms. The molecule has 0 amide bonds. The molecular formula is C17H22N4S. The van der Waals surface area contributed by atoms with Gasteiger partial charge in [0.1, 0.15) is 0 Å². The number of anilines is 1. The summed E-state index contributed by atoms with van der Waals surface area (Å²) in [6.45, 7) is 9.34. The van der Waals surface area contributed by atoms with Gasteiger partial charge in [0.05, 0.1) is 0 Å². The number of nitrogens with one attached hydrogen (secondary N) is 1. The number of piperidine rings is 1. The Hall–Kier alpha value is -1.72. The van der Waals surface area contributed by atoms with Crippen molar-refractivity contribution >= 4 is 16.7 Å². The summed E-state index contributed by atoms with van der Waals surface area (Å²) in [6.07, 6.45) is 2.29. The molecular weight excluding hydrogens is 292 g/mol. The highest BCUT2D eigenvalue weighted by Crippen LogP contribution is 2.23. The van der Waals surface area contributed by atoms with Gasteiger partial charge in [-0.3, -0.25) is 4.90 Å². The number of aromatic nitrogens is 2. The van der Waals surface area contributed by atoms with Gasteiger partial charge in [-0.15, -0.1) is 0 Å². The van der Waals surface area contributed by atoms with Gasteiger partial charge in [0.25, 0.3) is 0 Å². The zero-order valence-corrected chi connectivity index (χ0v) is 13.8. The Morgan fingerprint density at radius 2 is 2.05 bits per heavy atom. The van der Waals surface area contributed by atoms with Gasteiger partial charge < -0.3 is 5.32 Å². The van der Waals surface area contributed by atoms with E-state index in [2.05, 4.69) is 33.1 Å². The van der Waals surface area contributed by atoms with Crippen molar-refractivity contribution in [3.05, 3.63) is 42.5 Å². The van der Waals surface area contributed by atoms with Crippen LogP contribution < -0.4 is 5.32 Å². The lowest BCUT2D eigenvalue weighted by atomic mass is 10.0. The molecule has 3 rings (SSSR count). The van der Waals surface area contributed by atoms with Crippen molar-refractivity contribution in [3.8, 4) is 11.4 Å². The fraction of sp³-hybridized carbons (Fsp3) is 0.412. The van der Waals surface area contributed by atoms with Crippen LogP contribution in [0.1, 0.15) is 19.8 Å². The predicted octanol–water partition coefficient (Wildman–Crippen LogP) is 3.66. The Kier molecular flexibility index (Phi) is 4.85. The number of rotatable bonds is 5.